The second-order valence-electron chi connectivity index (χ2n) is 8.09. The second kappa shape index (κ2) is 9.67. The van der Waals surface area contributed by atoms with E-state index in [2.05, 4.69) is 15.3 Å². The SMILES string of the molecule is COc1ccc2c(c1)c(C(=O)C(=O)Nc1nc(-c3ccccn3)co1)c(C)n2Cc1ccc(Cl)cc1. The molecule has 0 aliphatic heterocycles. The molecule has 180 valence electrons. The first kappa shape index (κ1) is 23.3. The number of carbonyl (C=O) groups is 2. The summed E-state index contributed by atoms with van der Waals surface area (Å²) in [4.78, 5) is 34.8. The minimum absolute atomic E-state index is 0.0888. The topological polar surface area (TPSA) is 99.2 Å². The average Bonchev–Trinajstić information content (AvgIpc) is 3.47. The number of ketones is 1. The summed E-state index contributed by atoms with van der Waals surface area (Å²) in [7, 11) is 1.55. The predicted molar refractivity (Wildman–Crippen MR) is 136 cm³/mol. The fourth-order valence-electron chi connectivity index (χ4n) is 4.08. The van der Waals surface area contributed by atoms with Gasteiger partial charge >= 0.3 is 6.01 Å². The third-order valence-electron chi connectivity index (χ3n) is 5.87. The summed E-state index contributed by atoms with van der Waals surface area (Å²) in [6.45, 7) is 2.31. The van der Waals surface area contributed by atoms with E-state index >= 15 is 0 Å². The van der Waals surface area contributed by atoms with E-state index in [0.717, 1.165) is 11.1 Å². The summed E-state index contributed by atoms with van der Waals surface area (Å²) in [5.74, 6) is -0.993. The highest BCUT2D eigenvalue weighted by atomic mass is 35.5. The molecule has 3 aromatic heterocycles. The number of ether oxygens (including phenoxy) is 1. The maximum absolute atomic E-state index is 13.4. The normalized spacial score (nSPS) is 11.0. The molecule has 2 aromatic carbocycles. The Balaban J connectivity index is 1.48. The van der Waals surface area contributed by atoms with Crippen LogP contribution in [0.25, 0.3) is 22.3 Å². The number of anilines is 1. The van der Waals surface area contributed by atoms with E-state index in [1.165, 1.54) is 6.26 Å². The van der Waals surface area contributed by atoms with Crippen molar-refractivity contribution in [2.75, 3.05) is 12.4 Å². The van der Waals surface area contributed by atoms with Gasteiger partial charge in [-0.2, -0.15) is 4.98 Å². The molecule has 0 aliphatic carbocycles. The summed E-state index contributed by atoms with van der Waals surface area (Å²) in [6.07, 6.45) is 3.00. The fourth-order valence-corrected chi connectivity index (χ4v) is 4.21. The van der Waals surface area contributed by atoms with Crippen LogP contribution in [0.5, 0.6) is 5.75 Å². The Kier molecular flexibility index (Phi) is 6.26. The van der Waals surface area contributed by atoms with Crippen LogP contribution >= 0.6 is 11.6 Å². The lowest BCUT2D eigenvalue weighted by Crippen LogP contribution is -2.23. The van der Waals surface area contributed by atoms with E-state index in [4.69, 9.17) is 20.8 Å². The number of hydrogen-bond acceptors (Lipinski definition) is 6. The van der Waals surface area contributed by atoms with Gasteiger partial charge in [-0.25, -0.2) is 0 Å². The molecular formula is C27H21ClN4O4. The highest BCUT2D eigenvalue weighted by Gasteiger charge is 2.27. The van der Waals surface area contributed by atoms with Crippen LogP contribution in [0.15, 0.2) is 77.5 Å². The molecule has 3 heterocycles. The standard InChI is InChI=1S/C27H21ClN4O4/c1-16-24(25(33)26(34)31-27-30-22(15-36-27)21-5-3-4-12-29-21)20-13-19(35-2)10-11-23(20)32(16)14-17-6-8-18(28)9-7-17/h3-13,15H,14H2,1-2H3,(H,30,31,34). The third kappa shape index (κ3) is 4.46. The largest absolute Gasteiger partial charge is 0.497 e. The van der Waals surface area contributed by atoms with Crippen LogP contribution < -0.4 is 10.1 Å². The fraction of sp³-hybridized carbons (Fsp3) is 0.111. The smallest absolute Gasteiger partial charge is 0.302 e. The molecule has 0 saturated carbocycles. The van der Waals surface area contributed by atoms with Gasteiger partial charge < -0.3 is 13.7 Å². The van der Waals surface area contributed by atoms with Crippen molar-refractivity contribution in [1.29, 1.82) is 0 Å². The number of aromatic nitrogens is 3. The number of fused-ring (bicyclic) bond motifs is 1. The van der Waals surface area contributed by atoms with Crippen molar-refractivity contribution in [2.24, 2.45) is 0 Å². The molecule has 5 rings (SSSR count). The number of rotatable bonds is 7. The van der Waals surface area contributed by atoms with Crippen LogP contribution in [-0.4, -0.2) is 33.3 Å². The number of Topliss-reactive ketones (excluding diaryl/α,β-unsaturated/α-hetero) is 1. The molecule has 0 radical (unpaired) electrons. The van der Waals surface area contributed by atoms with Crippen molar-refractivity contribution in [2.45, 2.75) is 13.5 Å². The predicted octanol–water partition coefficient (Wildman–Crippen LogP) is 5.53. The van der Waals surface area contributed by atoms with Crippen LogP contribution in [0.2, 0.25) is 5.02 Å². The van der Waals surface area contributed by atoms with Crippen molar-refractivity contribution < 1.29 is 18.7 Å². The van der Waals surface area contributed by atoms with E-state index in [-0.39, 0.29) is 11.6 Å². The number of amides is 1. The van der Waals surface area contributed by atoms with Gasteiger partial charge in [0.1, 0.15) is 17.7 Å². The molecule has 5 aromatic rings. The van der Waals surface area contributed by atoms with Gasteiger partial charge in [0, 0.05) is 34.4 Å². The first-order valence-corrected chi connectivity index (χ1v) is 11.5. The van der Waals surface area contributed by atoms with Crippen LogP contribution in [0, 0.1) is 6.92 Å². The summed E-state index contributed by atoms with van der Waals surface area (Å²) in [5, 5.41) is 3.72. The number of carbonyl (C=O) groups excluding carboxylic acids is 2. The molecule has 1 N–H and O–H groups in total. The maximum Gasteiger partial charge on any atom is 0.302 e. The van der Waals surface area contributed by atoms with Gasteiger partial charge in [-0.15, -0.1) is 0 Å². The van der Waals surface area contributed by atoms with Crippen molar-refractivity contribution in [3.63, 3.8) is 0 Å². The first-order valence-electron chi connectivity index (χ1n) is 11.1. The Bertz CT molecular complexity index is 1570. The minimum Gasteiger partial charge on any atom is -0.497 e. The van der Waals surface area contributed by atoms with E-state index in [9.17, 15) is 9.59 Å². The second-order valence-corrected chi connectivity index (χ2v) is 8.53. The summed E-state index contributed by atoms with van der Waals surface area (Å²) in [5.41, 5.74) is 3.76. The van der Waals surface area contributed by atoms with Crippen LogP contribution in [0.3, 0.4) is 0 Å². The molecule has 8 nitrogen and oxygen atoms in total. The molecule has 1 amide bonds. The lowest BCUT2D eigenvalue weighted by molar-refractivity contribution is -0.112. The van der Waals surface area contributed by atoms with Gasteiger partial charge in [-0.1, -0.05) is 29.8 Å². The highest BCUT2D eigenvalue weighted by molar-refractivity contribution is 6.48. The van der Waals surface area contributed by atoms with Crippen molar-refractivity contribution in [3.8, 4) is 17.1 Å². The minimum atomic E-state index is -0.860. The molecule has 0 unspecified atom stereocenters. The Morgan fingerprint density at radius 3 is 2.61 bits per heavy atom. The maximum atomic E-state index is 13.4. The Morgan fingerprint density at radius 1 is 1.08 bits per heavy atom. The molecule has 36 heavy (non-hydrogen) atoms. The number of nitrogens with one attached hydrogen (secondary N) is 1. The van der Waals surface area contributed by atoms with Crippen LogP contribution in [0.1, 0.15) is 21.6 Å². The van der Waals surface area contributed by atoms with Gasteiger partial charge in [0.05, 0.1) is 18.4 Å². The Morgan fingerprint density at radius 2 is 1.89 bits per heavy atom. The molecule has 9 heteroatoms. The van der Waals surface area contributed by atoms with E-state index in [1.54, 1.807) is 31.5 Å². The van der Waals surface area contributed by atoms with Gasteiger partial charge in [0.25, 0.3) is 11.7 Å². The van der Waals surface area contributed by atoms with Crippen molar-refractivity contribution >= 4 is 40.2 Å². The summed E-state index contributed by atoms with van der Waals surface area (Å²) in [6, 6.07) is 18.2. The van der Waals surface area contributed by atoms with Crippen molar-refractivity contribution in [3.05, 3.63) is 95.0 Å². The summed E-state index contributed by atoms with van der Waals surface area (Å²) >= 11 is 6.03. The third-order valence-corrected chi connectivity index (χ3v) is 6.12. The van der Waals surface area contributed by atoms with Crippen LogP contribution in [0.4, 0.5) is 6.01 Å². The lowest BCUT2D eigenvalue weighted by atomic mass is 10.1. The Hall–Kier alpha value is -4.43. The van der Waals surface area contributed by atoms with Crippen molar-refractivity contribution in [1.82, 2.24) is 14.5 Å². The molecule has 0 aliphatic rings. The number of pyridine rings is 1. The zero-order valence-electron chi connectivity index (χ0n) is 19.5. The number of nitrogens with zero attached hydrogens (tertiary/aromatic N) is 3. The lowest BCUT2D eigenvalue weighted by Gasteiger charge is -2.09. The van der Waals surface area contributed by atoms with Gasteiger partial charge in [0.15, 0.2) is 0 Å². The zero-order valence-corrected chi connectivity index (χ0v) is 20.2. The van der Waals surface area contributed by atoms with E-state index < -0.39 is 11.7 Å². The quantitative estimate of drug-likeness (QED) is 0.233. The first-order chi connectivity index (χ1) is 17.4. The zero-order chi connectivity index (χ0) is 25.2. The summed E-state index contributed by atoms with van der Waals surface area (Å²) < 4.78 is 12.7. The molecule has 0 saturated heterocycles. The molecule has 0 fully saturated rings. The average molecular weight is 501 g/mol. The van der Waals surface area contributed by atoms with Gasteiger partial charge in [-0.05, 0) is 55.0 Å². The van der Waals surface area contributed by atoms with E-state index in [0.29, 0.717) is 39.8 Å². The van der Waals surface area contributed by atoms with Crippen LogP contribution in [-0.2, 0) is 11.3 Å². The molecule has 0 bridgehead atoms. The Labute approximate surface area is 211 Å². The molecule has 0 atom stereocenters. The van der Waals surface area contributed by atoms with Gasteiger partial charge in [0.2, 0.25) is 0 Å². The molecule has 0 spiro atoms. The number of oxazole rings is 1. The van der Waals surface area contributed by atoms with Gasteiger partial charge in [-0.3, -0.25) is 19.9 Å². The number of methoxy groups -OCH3 is 1. The highest BCUT2D eigenvalue weighted by Crippen LogP contribution is 2.31. The number of hydrogen-bond donors (Lipinski definition) is 1. The number of benzene rings is 2. The molecular weight excluding hydrogens is 480 g/mol. The monoisotopic (exact) mass is 500 g/mol. The number of halogens is 1. The van der Waals surface area contributed by atoms with E-state index in [1.807, 2.05) is 54.0 Å².